The number of fused-ring (bicyclic) bond motifs is 8. The molecule has 3 aliphatic heterocycles. The second-order valence-corrected chi connectivity index (χ2v) is 9.31. The number of nitrogens with one attached hydrogen (secondary N) is 3. The topological polar surface area (TPSA) is 118 Å². The summed E-state index contributed by atoms with van der Waals surface area (Å²) in [6.45, 7) is 1.98. The van der Waals surface area contributed by atoms with Gasteiger partial charge in [-0.2, -0.15) is 0 Å². The van der Waals surface area contributed by atoms with Crippen molar-refractivity contribution in [3.05, 3.63) is 24.2 Å². The molecule has 0 radical (unpaired) electrons. The third-order valence-corrected chi connectivity index (χ3v) is 7.30. The molecular weight excluding hydrogens is 436 g/mol. The number of rotatable bonds is 1. The predicted octanol–water partition coefficient (Wildman–Crippen LogP) is 2.59. The van der Waals surface area contributed by atoms with Gasteiger partial charge >= 0.3 is 6.03 Å². The number of ether oxygens (including phenoxy) is 2. The van der Waals surface area contributed by atoms with Crippen molar-refractivity contribution in [3.8, 4) is 5.75 Å². The highest BCUT2D eigenvalue weighted by Crippen LogP contribution is 2.43. The fourth-order valence-corrected chi connectivity index (χ4v) is 5.33. The first-order valence-electron chi connectivity index (χ1n) is 11.9. The highest BCUT2D eigenvalue weighted by molar-refractivity contribution is 5.94. The summed E-state index contributed by atoms with van der Waals surface area (Å²) in [7, 11) is 1.83. The molecule has 7 rings (SSSR count). The quantitative estimate of drug-likeness (QED) is 0.501. The van der Waals surface area contributed by atoms with Crippen molar-refractivity contribution in [1.82, 2.24) is 24.8 Å². The molecule has 1 unspecified atom stereocenters. The maximum atomic E-state index is 13.1. The Morgan fingerprint density at radius 3 is 3.00 bits per heavy atom. The minimum atomic E-state index is -0.262. The second kappa shape index (κ2) is 7.45. The van der Waals surface area contributed by atoms with E-state index < -0.39 is 0 Å². The average Bonchev–Trinajstić information content (AvgIpc) is 3.48. The van der Waals surface area contributed by atoms with Gasteiger partial charge in [-0.1, -0.05) is 0 Å². The van der Waals surface area contributed by atoms with Crippen LogP contribution >= 0.6 is 0 Å². The minimum absolute atomic E-state index is 0.0527. The van der Waals surface area contributed by atoms with Gasteiger partial charge in [0.1, 0.15) is 24.3 Å². The van der Waals surface area contributed by atoms with Gasteiger partial charge in [0.15, 0.2) is 17.2 Å². The summed E-state index contributed by atoms with van der Waals surface area (Å²) in [4.78, 5) is 29.6. The fourth-order valence-electron chi connectivity index (χ4n) is 5.33. The lowest BCUT2D eigenvalue weighted by Crippen LogP contribution is -2.52. The fraction of sp³-hybridized carbons (Fsp3) is 0.478. The lowest BCUT2D eigenvalue weighted by Gasteiger charge is -2.37. The number of pyridine rings is 2. The molecule has 11 heteroatoms. The molecule has 1 saturated carbocycles. The molecule has 1 aliphatic carbocycles. The van der Waals surface area contributed by atoms with Crippen LogP contribution in [-0.4, -0.2) is 63.9 Å². The summed E-state index contributed by atoms with van der Waals surface area (Å²) in [6.07, 6.45) is 5.48. The van der Waals surface area contributed by atoms with E-state index in [0.717, 1.165) is 60.9 Å². The van der Waals surface area contributed by atoms with Crippen LogP contribution in [0.2, 0.25) is 0 Å². The summed E-state index contributed by atoms with van der Waals surface area (Å²) in [5.74, 6) is 2.18. The van der Waals surface area contributed by atoms with E-state index in [1.54, 1.807) is 0 Å². The first kappa shape index (κ1) is 19.8. The predicted molar refractivity (Wildman–Crippen MR) is 126 cm³/mol. The second-order valence-electron chi connectivity index (χ2n) is 9.31. The van der Waals surface area contributed by atoms with Gasteiger partial charge in [0.2, 0.25) is 0 Å². The van der Waals surface area contributed by atoms with Crippen LogP contribution in [0.1, 0.15) is 31.4 Å². The molecule has 34 heavy (non-hydrogen) atoms. The number of nitrogens with zero attached hydrogens (tertiary/aromatic N) is 5. The van der Waals surface area contributed by atoms with E-state index in [4.69, 9.17) is 19.4 Å². The maximum Gasteiger partial charge on any atom is 0.328 e. The van der Waals surface area contributed by atoms with E-state index in [-0.39, 0.29) is 18.2 Å². The van der Waals surface area contributed by atoms with Crippen molar-refractivity contribution in [1.29, 1.82) is 0 Å². The van der Waals surface area contributed by atoms with Crippen molar-refractivity contribution in [3.63, 3.8) is 0 Å². The molecule has 3 aromatic heterocycles. The van der Waals surface area contributed by atoms with Crippen molar-refractivity contribution in [2.75, 3.05) is 35.7 Å². The molecule has 3 aromatic rings. The van der Waals surface area contributed by atoms with Crippen LogP contribution in [-0.2, 0) is 11.3 Å². The van der Waals surface area contributed by atoms with Crippen molar-refractivity contribution < 1.29 is 14.3 Å². The maximum absolute atomic E-state index is 13.1. The summed E-state index contributed by atoms with van der Waals surface area (Å²) in [5.41, 5.74) is 3.50. The Bertz CT molecular complexity index is 1310. The molecule has 4 aliphatic rings. The number of aromatic nitrogens is 4. The van der Waals surface area contributed by atoms with Gasteiger partial charge in [0, 0.05) is 19.7 Å². The number of carbonyl (C=O) groups excluding carboxylic acids is 1. The van der Waals surface area contributed by atoms with Gasteiger partial charge in [0.05, 0.1) is 41.9 Å². The van der Waals surface area contributed by atoms with Crippen LogP contribution in [0.15, 0.2) is 18.5 Å². The average molecular weight is 463 g/mol. The van der Waals surface area contributed by atoms with Crippen LogP contribution < -0.4 is 25.6 Å². The Hall–Kier alpha value is -3.60. The van der Waals surface area contributed by atoms with Crippen LogP contribution in [0.3, 0.4) is 0 Å². The van der Waals surface area contributed by atoms with E-state index >= 15 is 0 Å². The molecule has 176 valence electrons. The third kappa shape index (κ3) is 2.99. The molecule has 6 heterocycles. The zero-order chi connectivity index (χ0) is 22.8. The van der Waals surface area contributed by atoms with Gasteiger partial charge in [-0.3, -0.25) is 0 Å². The van der Waals surface area contributed by atoms with E-state index in [1.165, 1.54) is 10.9 Å². The lowest BCUT2D eigenvalue weighted by atomic mass is 9.89. The molecule has 3 atom stereocenters. The number of anilines is 4. The SMILES string of the molecule is CNc1cc2nc3c1ncn3C(=O)N[C@@H]1CC[C@H]1OCc1cc(c3c(n1)N1CCCC1CO3)N2. The van der Waals surface area contributed by atoms with Crippen molar-refractivity contribution in [2.24, 2.45) is 0 Å². The van der Waals surface area contributed by atoms with Gasteiger partial charge in [-0.05, 0) is 31.7 Å². The van der Waals surface area contributed by atoms with E-state index in [0.29, 0.717) is 36.2 Å². The molecule has 11 nitrogen and oxygen atoms in total. The Balaban J connectivity index is 1.39. The summed E-state index contributed by atoms with van der Waals surface area (Å²) < 4.78 is 13.9. The lowest BCUT2D eigenvalue weighted by molar-refractivity contribution is -0.0335. The van der Waals surface area contributed by atoms with Crippen LogP contribution in [0.25, 0.3) is 11.2 Å². The molecule has 0 aromatic carbocycles. The number of carbonyl (C=O) groups is 1. The molecule has 1 saturated heterocycles. The van der Waals surface area contributed by atoms with Crippen molar-refractivity contribution >= 4 is 40.2 Å². The molecule has 3 N–H and O–H groups in total. The van der Waals surface area contributed by atoms with Crippen LogP contribution in [0.4, 0.5) is 27.8 Å². The van der Waals surface area contributed by atoms with Crippen molar-refractivity contribution in [2.45, 2.75) is 50.5 Å². The highest BCUT2D eigenvalue weighted by Gasteiger charge is 2.36. The van der Waals surface area contributed by atoms with Crippen LogP contribution in [0.5, 0.6) is 5.75 Å². The number of imidazole rings is 1. The Kier molecular flexibility index (Phi) is 4.35. The van der Waals surface area contributed by atoms with Crippen LogP contribution in [0, 0.1) is 0 Å². The highest BCUT2D eigenvalue weighted by atomic mass is 16.5. The zero-order valence-corrected chi connectivity index (χ0v) is 18.9. The van der Waals surface area contributed by atoms with Gasteiger partial charge < -0.3 is 30.3 Å². The van der Waals surface area contributed by atoms with Gasteiger partial charge in [-0.25, -0.2) is 24.3 Å². The molecule has 4 bridgehead atoms. The summed E-state index contributed by atoms with van der Waals surface area (Å²) in [6, 6.07) is 3.91. The van der Waals surface area contributed by atoms with Gasteiger partial charge in [-0.15, -0.1) is 0 Å². The van der Waals surface area contributed by atoms with E-state index in [2.05, 4.69) is 25.8 Å². The number of amides is 1. The molecule has 1 amide bonds. The zero-order valence-electron chi connectivity index (χ0n) is 18.9. The largest absolute Gasteiger partial charge is 0.485 e. The van der Waals surface area contributed by atoms with E-state index in [1.807, 2.05) is 19.2 Å². The Morgan fingerprint density at radius 2 is 2.15 bits per heavy atom. The molecular formula is C23H26N8O3. The number of hydrogen-bond acceptors (Lipinski definition) is 9. The first-order valence-corrected chi connectivity index (χ1v) is 11.9. The minimum Gasteiger partial charge on any atom is -0.485 e. The molecule has 0 spiro atoms. The Morgan fingerprint density at radius 1 is 1.21 bits per heavy atom. The molecule has 2 fully saturated rings. The number of hydrogen-bond donors (Lipinski definition) is 3. The Labute approximate surface area is 195 Å². The standard InChI is InChI=1S/C23H26N8O3/c1-24-15-8-18-27-16-7-12(26-22-20(16)34-10-13-3-2-6-30(13)22)9-33-17-5-4-14(17)28-23(32)31-11-25-19(15)21(31)29-18/h7-8,11,13-14,17H,2-6,9-10H2,1H3,(H,28,32)(H2,24,27,29)/t13?,14-,17-/m1/s1. The van der Waals surface area contributed by atoms with E-state index in [9.17, 15) is 4.79 Å². The summed E-state index contributed by atoms with van der Waals surface area (Å²) in [5, 5.41) is 9.69. The summed E-state index contributed by atoms with van der Waals surface area (Å²) >= 11 is 0. The smallest absolute Gasteiger partial charge is 0.328 e. The first-order chi connectivity index (χ1) is 16.7. The monoisotopic (exact) mass is 462 g/mol. The van der Waals surface area contributed by atoms with Gasteiger partial charge in [0.25, 0.3) is 0 Å². The normalized spacial score (nSPS) is 25.3. The third-order valence-electron chi connectivity index (χ3n) is 7.30.